The second-order valence-electron chi connectivity index (χ2n) is 2.57. The van der Waals surface area contributed by atoms with Crippen molar-refractivity contribution >= 4 is 6.29 Å². The van der Waals surface area contributed by atoms with E-state index in [2.05, 4.69) is 13.8 Å². The largest absolute Gasteiger partial charge is 0.303 e. The summed E-state index contributed by atoms with van der Waals surface area (Å²) in [4.78, 5) is 10.3. The number of carbonyl (C=O) groups excluding carboxylic acids is 1. The molecule has 0 aromatic rings. The summed E-state index contributed by atoms with van der Waals surface area (Å²) >= 11 is 0. The zero-order valence-electron chi connectivity index (χ0n) is 6.26. The Labute approximate surface area is 57.5 Å². The number of rotatable bonds is 4. The van der Waals surface area contributed by atoms with Crippen LogP contribution in [-0.4, -0.2) is 6.29 Å². The summed E-state index contributed by atoms with van der Waals surface area (Å²) in [5, 5.41) is 0. The maximum absolute atomic E-state index is 10.3. The van der Waals surface area contributed by atoms with E-state index in [1.807, 2.05) is 6.92 Å². The first-order valence-corrected chi connectivity index (χ1v) is 3.50. The van der Waals surface area contributed by atoms with Gasteiger partial charge in [-0.15, -0.1) is 0 Å². The van der Waals surface area contributed by atoms with Gasteiger partial charge in [0.1, 0.15) is 6.29 Å². The van der Waals surface area contributed by atoms with Crippen molar-refractivity contribution in [2.24, 2.45) is 11.8 Å². The van der Waals surface area contributed by atoms with Gasteiger partial charge in [0, 0.05) is 5.92 Å². The quantitative estimate of drug-likeness (QED) is 0.528. The fourth-order valence-corrected chi connectivity index (χ4v) is 0.820. The minimum atomic E-state index is 0.176. The molecule has 1 radical (unpaired) electrons. The third-order valence-electron chi connectivity index (χ3n) is 1.53. The maximum atomic E-state index is 10.3. The molecule has 0 aromatic carbocycles. The van der Waals surface area contributed by atoms with E-state index < -0.39 is 0 Å². The van der Waals surface area contributed by atoms with Gasteiger partial charge in [-0.2, -0.15) is 0 Å². The third-order valence-corrected chi connectivity index (χ3v) is 1.53. The zero-order valence-corrected chi connectivity index (χ0v) is 6.26. The fourth-order valence-electron chi connectivity index (χ4n) is 0.820. The monoisotopic (exact) mass is 127 g/mol. The standard InChI is InChI=1S/C8H15O/c1-4-5-8(6-9)7(2)3/h6-8H,2,4-5H2,1,3H3. The molecule has 0 fully saturated rings. The highest BCUT2D eigenvalue weighted by molar-refractivity contribution is 5.53. The molecule has 0 aliphatic carbocycles. The molecule has 0 saturated carbocycles. The topological polar surface area (TPSA) is 17.1 Å². The van der Waals surface area contributed by atoms with E-state index in [1.54, 1.807) is 0 Å². The van der Waals surface area contributed by atoms with Crippen LogP contribution >= 0.6 is 0 Å². The number of hydrogen-bond donors (Lipinski definition) is 0. The molecule has 0 spiro atoms. The van der Waals surface area contributed by atoms with E-state index in [0.717, 1.165) is 19.1 Å². The summed E-state index contributed by atoms with van der Waals surface area (Å²) in [6.45, 7) is 7.86. The Bertz CT molecular complexity index is 76.6. The van der Waals surface area contributed by atoms with Crippen LogP contribution in [0.4, 0.5) is 0 Å². The number of aldehydes is 1. The van der Waals surface area contributed by atoms with Gasteiger partial charge >= 0.3 is 0 Å². The smallest absolute Gasteiger partial charge is 0.123 e. The van der Waals surface area contributed by atoms with Crippen molar-refractivity contribution in [1.82, 2.24) is 0 Å². The SMILES string of the molecule is [CH2]C(C)C(C=O)CCC. The molecule has 53 valence electrons. The normalized spacial score (nSPS) is 13.8. The number of hydrogen-bond acceptors (Lipinski definition) is 1. The van der Waals surface area contributed by atoms with Crippen LogP contribution in [0.25, 0.3) is 0 Å². The Morgan fingerprint density at radius 3 is 2.33 bits per heavy atom. The van der Waals surface area contributed by atoms with Crippen LogP contribution in [0.3, 0.4) is 0 Å². The first-order chi connectivity index (χ1) is 4.22. The molecule has 9 heavy (non-hydrogen) atoms. The molecule has 0 aliphatic rings. The van der Waals surface area contributed by atoms with E-state index in [1.165, 1.54) is 0 Å². The van der Waals surface area contributed by atoms with Gasteiger partial charge in [0.05, 0.1) is 0 Å². The van der Waals surface area contributed by atoms with Gasteiger partial charge in [-0.25, -0.2) is 0 Å². The third kappa shape index (κ3) is 3.28. The molecule has 1 heteroatoms. The molecule has 0 aliphatic heterocycles. The molecule has 2 unspecified atom stereocenters. The van der Waals surface area contributed by atoms with Crippen LogP contribution in [0.15, 0.2) is 0 Å². The predicted molar refractivity (Wildman–Crippen MR) is 39.0 cm³/mol. The van der Waals surface area contributed by atoms with Crippen molar-refractivity contribution in [2.45, 2.75) is 26.7 Å². The molecular weight excluding hydrogens is 112 g/mol. The van der Waals surface area contributed by atoms with Gasteiger partial charge in [0.2, 0.25) is 0 Å². The average molecular weight is 127 g/mol. The second-order valence-corrected chi connectivity index (χ2v) is 2.57. The summed E-state index contributed by atoms with van der Waals surface area (Å²) in [5.41, 5.74) is 0. The van der Waals surface area contributed by atoms with Crippen LogP contribution in [0.2, 0.25) is 0 Å². The van der Waals surface area contributed by atoms with E-state index >= 15 is 0 Å². The van der Waals surface area contributed by atoms with E-state index in [0.29, 0.717) is 0 Å². The molecule has 0 amide bonds. The van der Waals surface area contributed by atoms with E-state index in [-0.39, 0.29) is 11.8 Å². The first-order valence-electron chi connectivity index (χ1n) is 3.50. The molecule has 2 atom stereocenters. The molecule has 1 nitrogen and oxygen atoms in total. The highest BCUT2D eigenvalue weighted by atomic mass is 16.1. The van der Waals surface area contributed by atoms with E-state index in [9.17, 15) is 4.79 Å². The second kappa shape index (κ2) is 4.54. The average Bonchev–Trinajstić information content (AvgIpc) is 1.82. The first kappa shape index (κ1) is 8.67. The van der Waals surface area contributed by atoms with E-state index in [4.69, 9.17) is 0 Å². The van der Waals surface area contributed by atoms with Crippen molar-refractivity contribution < 1.29 is 4.79 Å². The Morgan fingerprint density at radius 1 is 1.67 bits per heavy atom. The van der Waals surface area contributed by atoms with Crippen LogP contribution in [-0.2, 0) is 4.79 Å². The Morgan fingerprint density at radius 2 is 2.22 bits per heavy atom. The molecule has 0 N–H and O–H groups in total. The molecule has 0 rings (SSSR count). The summed E-state index contributed by atoms with van der Waals surface area (Å²) in [7, 11) is 0. The van der Waals surface area contributed by atoms with Gasteiger partial charge in [0.15, 0.2) is 0 Å². The van der Waals surface area contributed by atoms with Crippen LogP contribution < -0.4 is 0 Å². The van der Waals surface area contributed by atoms with Crippen molar-refractivity contribution in [2.75, 3.05) is 0 Å². The molecule has 0 aromatic heterocycles. The molecule has 0 heterocycles. The Hall–Kier alpha value is -0.330. The lowest BCUT2D eigenvalue weighted by Gasteiger charge is -2.11. The lowest BCUT2D eigenvalue weighted by molar-refractivity contribution is -0.112. The van der Waals surface area contributed by atoms with Gasteiger partial charge in [0.25, 0.3) is 0 Å². The molecule has 0 saturated heterocycles. The zero-order chi connectivity index (χ0) is 7.28. The van der Waals surface area contributed by atoms with Crippen molar-refractivity contribution in [3.8, 4) is 0 Å². The lowest BCUT2D eigenvalue weighted by Crippen LogP contribution is -2.09. The Kier molecular flexibility index (Phi) is 4.37. The Balaban J connectivity index is 3.54. The summed E-state index contributed by atoms with van der Waals surface area (Å²) in [6, 6.07) is 0. The van der Waals surface area contributed by atoms with Crippen LogP contribution in [0.1, 0.15) is 26.7 Å². The molecule has 0 bridgehead atoms. The van der Waals surface area contributed by atoms with Gasteiger partial charge in [-0.05, 0) is 19.3 Å². The van der Waals surface area contributed by atoms with Crippen LogP contribution in [0, 0.1) is 18.8 Å². The molecular formula is C8H15O. The lowest BCUT2D eigenvalue weighted by atomic mass is 9.93. The van der Waals surface area contributed by atoms with Crippen molar-refractivity contribution in [1.29, 1.82) is 0 Å². The number of carbonyl (C=O) groups is 1. The predicted octanol–water partition coefficient (Wildman–Crippen LogP) is 2.07. The van der Waals surface area contributed by atoms with Crippen molar-refractivity contribution in [3.05, 3.63) is 6.92 Å². The van der Waals surface area contributed by atoms with Gasteiger partial charge in [-0.3, -0.25) is 0 Å². The summed E-state index contributed by atoms with van der Waals surface area (Å²) in [6.07, 6.45) is 3.07. The van der Waals surface area contributed by atoms with Gasteiger partial charge < -0.3 is 4.79 Å². The fraction of sp³-hybridized carbons (Fsp3) is 0.750. The minimum Gasteiger partial charge on any atom is -0.303 e. The highest BCUT2D eigenvalue weighted by Crippen LogP contribution is 2.12. The summed E-state index contributed by atoms with van der Waals surface area (Å²) in [5.74, 6) is 0.442. The highest BCUT2D eigenvalue weighted by Gasteiger charge is 2.09. The maximum Gasteiger partial charge on any atom is 0.123 e. The van der Waals surface area contributed by atoms with Crippen LogP contribution in [0.5, 0.6) is 0 Å². The van der Waals surface area contributed by atoms with Crippen molar-refractivity contribution in [3.63, 3.8) is 0 Å². The van der Waals surface area contributed by atoms with Gasteiger partial charge in [-0.1, -0.05) is 20.3 Å². The summed E-state index contributed by atoms with van der Waals surface area (Å²) < 4.78 is 0. The minimum absolute atomic E-state index is 0.176.